The predicted molar refractivity (Wildman–Crippen MR) is 326 cm³/mol. The lowest BCUT2D eigenvalue weighted by atomic mass is 9.84. The lowest BCUT2D eigenvalue weighted by molar-refractivity contribution is -0.150. The van der Waals surface area contributed by atoms with Gasteiger partial charge in [-0.2, -0.15) is 5.10 Å². The summed E-state index contributed by atoms with van der Waals surface area (Å²) in [6, 6.07) is 37.2. The van der Waals surface area contributed by atoms with Gasteiger partial charge in [0.1, 0.15) is 29.6 Å². The smallest absolute Gasteiger partial charge is 0.343 e. The van der Waals surface area contributed by atoms with Gasteiger partial charge in [0.05, 0.1) is 68.7 Å². The second kappa shape index (κ2) is 28.4. The van der Waals surface area contributed by atoms with E-state index in [1.54, 1.807) is 59.8 Å². The molecule has 0 saturated carbocycles. The first-order valence-electron chi connectivity index (χ1n) is 27.9. The van der Waals surface area contributed by atoms with Crippen molar-refractivity contribution < 1.29 is 57.0 Å². The number of carbonyl (C=O) groups is 3. The molecule has 15 nitrogen and oxygen atoms in total. The largest absolute Gasteiger partial charge is 0.493 e. The van der Waals surface area contributed by atoms with Crippen LogP contribution in [0.5, 0.6) is 34.5 Å². The zero-order valence-corrected chi connectivity index (χ0v) is 48.4. The number of benzene rings is 7. The molecule has 430 valence electrons. The Kier molecular flexibility index (Phi) is 20.2. The van der Waals surface area contributed by atoms with Crippen molar-refractivity contribution in [1.82, 2.24) is 4.98 Å². The molecule has 0 spiro atoms. The van der Waals surface area contributed by atoms with Crippen LogP contribution in [0.2, 0.25) is 0 Å². The van der Waals surface area contributed by atoms with Crippen LogP contribution in [-0.2, 0) is 30.4 Å². The van der Waals surface area contributed by atoms with E-state index in [0.717, 1.165) is 113 Å². The molecule has 1 fully saturated rings. The molecular formula is C67H69N3O12S. The van der Waals surface area contributed by atoms with E-state index < -0.39 is 17.9 Å². The average Bonchev–Trinajstić information content (AvgIpc) is 4.13. The van der Waals surface area contributed by atoms with Crippen LogP contribution in [0.1, 0.15) is 83.6 Å². The predicted octanol–water partition coefficient (Wildman–Crippen LogP) is 14.0. The van der Waals surface area contributed by atoms with Crippen LogP contribution in [0.15, 0.2) is 145 Å². The minimum atomic E-state index is -0.632. The molecule has 1 aliphatic rings. The number of carbonyl (C=O) groups excluding carboxylic acids is 3. The van der Waals surface area contributed by atoms with Gasteiger partial charge in [-0.3, -0.25) is 0 Å². The average molecular weight is 1140 g/mol. The molecular weight excluding hydrogens is 1070 g/mol. The van der Waals surface area contributed by atoms with Crippen molar-refractivity contribution in [2.75, 3.05) is 65.4 Å². The summed E-state index contributed by atoms with van der Waals surface area (Å²) in [5.41, 5.74) is 5.64. The lowest BCUT2D eigenvalue weighted by Gasteiger charge is -2.40. The van der Waals surface area contributed by atoms with E-state index >= 15 is 0 Å². The van der Waals surface area contributed by atoms with Crippen LogP contribution in [0.3, 0.4) is 0 Å². The quantitative estimate of drug-likeness (QED) is 0.0109. The molecule has 0 amide bonds. The fraction of sp³-hybridized carbons (Fsp3) is 0.299. The third-order valence-electron chi connectivity index (χ3n) is 14.3. The van der Waals surface area contributed by atoms with Gasteiger partial charge in [-0.1, -0.05) is 85.9 Å². The van der Waals surface area contributed by atoms with Crippen molar-refractivity contribution in [2.45, 2.75) is 65.9 Å². The fourth-order valence-corrected chi connectivity index (χ4v) is 10.4. The number of methoxy groups -OCH3 is 1. The van der Waals surface area contributed by atoms with Crippen LogP contribution in [0, 0.1) is 19.3 Å². The Morgan fingerprint density at radius 3 is 2.24 bits per heavy atom. The van der Waals surface area contributed by atoms with E-state index in [2.05, 4.69) is 39.5 Å². The molecule has 0 unspecified atom stereocenters. The van der Waals surface area contributed by atoms with Gasteiger partial charge >= 0.3 is 17.9 Å². The van der Waals surface area contributed by atoms with Gasteiger partial charge in [-0.15, -0.1) is 0 Å². The van der Waals surface area contributed by atoms with E-state index in [-0.39, 0.29) is 30.1 Å². The maximum Gasteiger partial charge on any atom is 0.343 e. The van der Waals surface area contributed by atoms with Crippen LogP contribution < -0.4 is 33.4 Å². The molecule has 8 aromatic rings. The number of aromatic nitrogens is 1. The highest BCUT2D eigenvalue weighted by Gasteiger charge is 2.37. The zero-order valence-electron chi connectivity index (χ0n) is 47.6. The van der Waals surface area contributed by atoms with Crippen LogP contribution >= 0.6 is 11.3 Å². The molecule has 7 aromatic carbocycles. The zero-order chi connectivity index (χ0) is 58.1. The summed E-state index contributed by atoms with van der Waals surface area (Å²) in [5, 5.41) is 10.3. The number of fused-ring (bicyclic) bond motifs is 3. The van der Waals surface area contributed by atoms with Crippen molar-refractivity contribution in [3.63, 3.8) is 0 Å². The highest BCUT2D eigenvalue weighted by atomic mass is 32.1. The molecule has 83 heavy (non-hydrogen) atoms. The Balaban J connectivity index is 0.855. The molecule has 16 heteroatoms. The summed E-state index contributed by atoms with van der Waals surface area (Å²) in [7, 11) is 3.31. The van der Waals surface area contributed by atoms with Gasteiger partial charge in [-0.25, -0.2) is 24.4 Å². The van der Waals surface area contributed by atoms with Crippen LogP contribution in [-0.4, -0.2) is 89.5 Å². The standard InChI is InChI=1S/C67H69N3O12S/c1-7-61(71)78-33-17-32-77-53-27-26-49-37-51(25-24-50(49)38-53)65(73)82-57-28-22-47(36-59(57)74-6)23-29-62(72)81-58-39-52(40-68-70(5)66-69-56-20-13-14-21-60(56)83-66)64(55-19-12-11-18-54(55)58)80-41-48-34-45(3)63(46(4)35-48)79-31-16-10-9-15-30-75-42-67(8-2)43-76-44-67/h7,11-14,18-29,34-40H,1,8-10,15-17,30-33,41-44H2,2-6H3/b29-23+,68-40+. The number of anilines is 1. The minimum Gasteiger partial charge on any atom is -0.493 e. The number of para-hydroxylation sites is 1. The molecule has 0 atom stereocenters. The van der Waals surface area contributed by atoms with E-state index in [4.69, 9.17) is 52.7 Å². The van der Waals surface area contributed by atoms with E-state index in [0.29, 0.717) is 64.1 Å². The Morgan fingerprint density at radius 2 is 1.48 bits per heavy atom. The molecule has 2 heterocycles. The molecule has 9 rings (SSSR count). The van der Waals surface area contributed by atoms with Gasteiger partial charge in [0.25, 0.3) is 0 Å². The number of esters is 3. The highest BCUT2D eigenvalue weighted by molar-refractivity contribution is 7.22. The number of hydrazone groups is 1. The van der Waals surface area contributed by atoms with E-state index in [1.165, 1.54) is 24.5 Å². The number of rotatable bonds is 29. The molecule has 0 radical (unpaired) electrons. The Morgan fingerprint density at radius 1 is 0.735 bits per heavy atom. The highest BCUT2D eigenvalue weighted by Crippen LogP contribution is 2.39. The lowest BCUT2D eigenvalue weighted by Crippen LogP contribution is -2.45. The SMILES string of the molecule is C=CC(=O)OCCCOc1ccc2cc(C(=O)Oc3ccc(/C=C/C(=O)Oc4cc(/C=N/N(C)c5nc6ccccc6s5)c(OCc5cc(C)c(OCCCCCCOCC6(CC)COC6)c(C)c5)c5ccccc45)cc3OC)ccc2c1. The number of thiazole rings is 1. The van der Waals surface area contributed by atoms with Crippen LogP contribution in [0.25, 0.3) is 37.8 Å². The topological polar surface area (TPSA) is 163 Å². The Hall–Kier alpha value is -8.57. The van der Waals surface area contributed by atoms with E-state index in [1.807, 2.05) is 73.8 Å². The maximum absolute atomic E-state index is 13.8. The number of hydrogen-bond acceptors (Lipinski definition) is 16. The number of ether oxygens (including phenoxy) is 9. The van der Waals surface area contributed by atoms with Crippen molar-refractivity contribution in [3.05, 3.63) is 173 Å². The first-order chi connectivity index (χ1) is 40.4. The monoisotopic (exact) mass is 1140 g/mol. The van der Waals surface area contributed by atoms with Crippen molar-refractivity contribution in [2.24, 2.45) is 10.5 Å². The van der Waals surface area contributed by atoms with Crippen LogP contribution in [0.4, 0.5) is 5.13 Å². The van der Waals surface area contributed by atoms with Gasteiger partial charge < -0.3 is 42.6 Å². The second-order valence-electron chi connectivity index (χ2n) is 20.4. The van der Waals surface area contributed by atoms with E-state index in [9.17, 15) is 14.4 Å². The molecule has 0 aliphatic carbocycles. The molecule has 1 aromatic heterocycles. The van der Waals surface area contributed by atoms with Gasteiger partial charge in [0.2, 0.25) is 5.13 Å². The first kappa shape index (κ1) is 59.1. The third-order valence-corrected chi connectivity index (χ3v) is 15.4. The summed E-state index contributed by atoms with van der Waals surface area (Å²) >= 11 is 1.53. The second-order valence-corrected chi connectivity index (χ2v) is 21.4. The van der Waals surface area contributed by atoms with Gasteiger partial charge in [-0.05, 0) is 145 Å². The summed E-state index contributed by atoms with van der Waals surface area (Å²) < 4.78 is 53.9. The number of unbranched alkanes of at least 4 members (excludes halogenated alkanes) is 3. The summed E-state index contributed by atoms with van der Waals surface area (Å²) in [4.78, 5) is 43.2. The Labute approximate surface area is 488 Å². The molecule has 0 N–H and O–H groups in total. The molecule has 0 bridgehead atoms. The summed E-state index contributed by atoms with van der Waals surface area (Å²) in [6.45, 7) is 14.4. The summed E-state index contributed by atoms with van der Waals surface area (Å²) in [6.07, 6.45) is 11.5. The van der Waals surface area contributed by atoms with Crippen molar-refractivity contribution in [1.29, 1.82) is 0 Å². The number of hydrogen-bond donors (Lipinski definition) is 0. The van der Waals surface area contributed by atoms with Gasteiger partial charge in [0.15, 0.2) is 11.5 Å². The first-order valence-corrected chi connectivity index (χ1v) is 28.7. The summed E-state index contributed by atoms with van der Waals surface area (Å²) in [5.74, 6) is 1.19. The maximum atomic E-state index is 13.8. The fourth-order valence-electron chi connectivity index (χ4n) is 9.54. The molecule has 1 saturated heterocycles. The Bertz CT molecular complexity index is 3600. The molecule has 1 aliphatic heterocycles. The van der Waals surface area contributed by atoms with Crippen molar-refractivity contribution in [3.8, 4) is 34.5 Å². The minimum absolute atomic E-state index is 0.197. The van der Waals surface area contributed by atoms with Gasteiger partial charge in [0, 0.05) is 54.0 Å². The van der Waals surface area contributed by atoms with Crippen molar-refractivity contribution >= 4 is 78.4 Å². The normalized spacial score (nSPS) is 12.8. The number of aryl methyl sites for hydroxylation is 2. The third kappa shape index (κ3) is 15.5. The number of nitrogens with zero attached hydrogens (tertiary/aromatic N) is 3.